The summed E-state index contributed by atoms with van der Waals surface area (Å²) in [6.07, 6.45) is 0. The first-order valence-corrected chi connectivity index (χ1v) is 9.99. The van der Waals surface area contributed by atoms with Gasteiger partial charge in [0.25, 0.3) is 0 Å². The Morgan fingerprint density at radius 3 is 1.95 bits per heavy atom. The summed E-state index contributed by atoms with van der Waals surface area (Å²) in [4.78, 5) is 1.61. The van der Waals surface area contributed by atoms with Gasteiger partial charge in [-0.3, -0.25) is 0 Å². The van der Waals surface area contributed by atoms with Crippen molar-refractivity contribution in [3.8, 4) is 0 Å². The molecule has 0 N–H and O–H groups in total. The summed E-state index contributed by atoms with van der Waals surface area (Å²) >= 11 is 1.71. The average molecular weight is 335 g/mol. The van der Waals surface area contributed by atoms with Crippen LogP contribution in [-0.2, 0) is 9.84 Å². The van der Waals surface area contributed by atoms with Gasteiger partial charge in [0.05, 0.1) is 10.6 Å². The highest BCUT2D eigenvalue weighted by Gasteiger charge is 2.18. The zero-order valence-corrected chi connectivity index (χ0v) is 14.9. The molecule has 0 spiro atoms. The second-order valence-corrected chi connectivity index (χ2v) is 8.95. The largest absolute Gasteiger partial charge is 0.224 e. The maximum Gasteiger partial charge on any atom is 0.178 e. The summed E-state index contributed by atoms with van der Waals surface area (Å²) in [7, 11) is -3.20. The van der Waals surface area contributed by atoms with Crippen molar-refractivity contribution >= 4 is 21.6 Å². The van der Waals surface area contributed by atoms with Crippen LogP contribution in [0.25, 0.3) is 0 Å². The van der Waals surface area contributed by atoms with Crippen LogP contribution in [-0.4, -0.2) is 19.9 Å². The van der Waals surface area contributed by atoms with Crippen molar-refractivity contribution in [2.24, 2.45) is 5.92 Å². The molecule has 2 aromatic rings. The van der Waals surface area contributed by atoms with E-state index in [1.54, 1.807) is 23.9 Å². The van der Waals surface area contributed by atoms with Crippen LogP contribution in [0.1, 0.15) is 18.1 Å². The molecule has 2 aromatic carbocycles. The number of rotatable bonds is 6. The van der Waals surface area contributed by atoms with Crippen molar-refractivity contribution in [1.82, 2.24) is 0 Å². The zero-order valence-electron chi connectivity index (χ0n) is 13.2. The maximum atomic E-state index is 12.4. The van der Waals surface area contributed by atoms with E-state index < -0.39 is 9.84 Å². The number of hydrogen-bond acceptors (Lipinski definition) is 3. The van der Waals surface area contributed by atoms with Crippen LogP contribution in [0.5, 0.6) is 0 Å². The van der Waals surface area contributed by atoms with Gasteiger partial charge in [-0.05, 0) is 44.0 Å². The minimum atomic E-state index is -3.20. The Hall–Kier alpha value is -1.26. The smallest absolute Gasteiger partial charge is 0.178 e. The molecule has 0 aliphatic carbocycles. The highest BCUT2D eigenvalue weighted by Crippen LogP contribution is 2.23. The summed E-state index contributed by atoms with van der Waals surface area (Å²) in [5, 5.41) is 0. The summed E-state index contributed by atoms with van der Waals surface area (Å²) in [6, 6.07) is 15.4. The van der Waals surface area contributed by atoms with Gasteiger partial charge in [-0.1, -0.05) is 42.3 Å². The molecule has 2 nitrogen and oxygen atoms in total. The van der Waals surface area contributed by atoms with Crippen LogP contribution < -0.4 is 0 Å². The van der Waals surface area contributed by atoms with Crippen LogP contribution in [0.4, 0.5) is 0 Å². The molecular formula is C18H22O2S2. The van der Waals surface area contributed by atoms with Gasteiger partial charge in [-0.25, -0.2) is 8.42 Å². The van der Waals surface area contributed by atoms with Crippen LogP contribution in [0.2, 0.25) is 0 Å². The van der Waals surface area contributed by atoms with Crippen molar-refractivity contribution in [2.75, 3.05) is 11.5 Å². The summed E-state index contributed by atoms with van der Waals surface area (Å²) in [5.74, 6) is 1.10. The van der Waals surface area contributed by atoms with Crippen molar-refractivity contribution in [3.05, 3.63) is 59.7 Å². The fraction of sp³-hybridized carbons (Fsp3) is 0.333. The minimum absolute atomic E-state index is 0.109. The first-order chi connectivity index (χ1) is 10.4. The predicted molar refractivity (Wildman–Crippen MR) is 94.3 cm³/mol. The lowest BCUT2D eigenvalue weighted by Crippen LogP contribution is -2.15. The van der Waals surface area contributed by atoms with Gasteiger partial charge >= 0.3 is 0 Å². The van der Waals surface area contributed by atoms with Gasteiger partial charge in [0.15, 0.2) is 9.84 Å². The molecule has 1 atom stereocenters. The first-order valence-electron chi connectivity index (χ1n) is 7.36. The molecule has 2 rings (SSSR count). The van der Waals surface area contributed by atoms with Crippen LogP contribution >= 0.6 is 11.8 Å². The molecule has 0 aliphatic rings. The second kappa shape index (κ2) is 7.34. The number of sulfone groups is 1. The lowest BCUT2D eigenvalue weighted by atomic mass is 10.2. The third-order valence-electron chi connectivity index (χ3n) is 3.44. The molecule has 0 saturated heterocycles. The maximum absolute atomic E-state index is 12.4. The highest BCUT2D eigenvalue weighted by molar-refractivity contribution is 7.99. The van der Waals surface area contributed by atoms with Gasteiger partial charge < -0.3 is 0 Å². The Bertz CT molecular complexity index is 702. The van der Waals surface area contributed by atoms with E-state index in [0.717, 1.165) is 11.3 Å². The molecule has 22 heavy (non-hydrogen) atoms. The number of aryl methyl sites for hydroxylation is 2. The van der Waals surface area contributed by atoms with E-state index in [0.29, 0.717) is 4.90 Å². The van der Waals surface area contributed by atoms with Crippen molar-refractivity contribution in [1.29, 1.82) is 0 Å². The third-order valence-corrected chi connectivity index (χ3v) is 6.78. The Kier molecular flexibility index (Phi) is 5.70. The van der Waals surface area contributed by atoms with E-state index in [4.69, 9.17) is 0 Å². The van der Waals surface area contributed by atoms with Gasteiger partial charge in [0.2, 0.25) is 0 Å². The molecule has 0 saturated carbocycles. The number of benzene rings is 2. The quantitative estimate of drug-likeness (QED) is 0.729. The monoisotopic (exact) mass is 334 g/mol. The first kappa shape index (κ1) is 17.1. The zero-order chi connectivity index (χ0) is 16.2. The molecule has 118 valence electrons. The van der Waals surface area contributed by atoms with E-state index in [-0.39, 0.29) is 11.7 Å². The van der Waals surface area contributed by atoms with Gasteiger partial charge in [-0.2, -0.15) is 0 Å². The Morgan fingerprint density at radius 2 is 1.41 bits per heavy atom. The molecule has 0 radical (unpaired) electrons. The predicted octanol–water partition coefficient (Wildman–Crippen LogP) is 4.51. The minimum Gasteiger partial charge on any atom is -0.224 e. The molecule has 1 unspecified atom stereocenters. The van der Waals surface area contributed by atoms with Gasteiger partial charge in [0, 0.05) is 10.6 Å². The van der Waals surface area contributed by atoms with E-state index in [1.165, 1.54) is 10.5 Å². The van der Waals surface area contributed by atoms with E-state index >= 15 is 0 Å². The summed E-state index contributed by atoms with van der Waals surface area (Å²) < 4.78 is 24.8. The van der Waals surface area contributed by atoms with Crippen LogP contribution in [0, 0.1) is 19.8 Å². The van der Waals surface area contributed by atoms with E-state index in [9.17, 15) is 8.42 Å². The average Bonchev–Trinajstić information content (AvgIpc) is 2.46. The molecule has 0 heterocycles. The lowest BCUT2D eigenvalue weighted by Gasteiger charge is -2.12. The molecule has 0 aliphatic heterocycles. The fourth-order valence-corrected chi connectivity index (χ4v) is 4.82. The molecule has 0 bridgehead atoms. The van der Waals surface area contributed by atoms with Crippen LogP contribution in [0.15, 0.2) is 58.3 Å². The second-order valence-electron chi connectivity index (χ2n) is 5.82. The third kappa shape index (κ3) is 4.89. The Labute approximate surface area is 137 Å². The van der Waals surface area contributed by atoms with Crippen molar-refractivity contribution in [2.45, 2.75) is 30.6 Å². The topological polar surface area (TPSA) is 34.1 Å². The molecular weight excluding hydrogens is 312 g/mol. The summed E-state index contributed by atoms with van der Waals surface area (Å²) in [6.45, 7) is 6.01. The number of hydrogen-bond donors (Lipinski definition) is 0. The van der Waals surface area contributed by atoms with Gasteiger partial charge in [-0.15, -0.1) is 11.8 Å². The Morgan fingerprint density at radius 1 is 0.909 bits per heavy atom. The normalized spacial score (nSPS) is 13.0. The van der Waals surface area contributed by atoms with E-state index in [2.05, 4.69) is 31.2 Å². The fourth-order valence-electron chi connectivity index (χ4n) is 2.14. The van der Waals surface area contributed by atoms with E-state index in [1.807, 2.05) is 26.0 Å². The van der Waals surface area contributed by atoms with Crippen molar-refractivity contribution < 1.29 is 8.42 Å². The summed E-state index contributed by atoms with van der Waals surface area (Å²) in [5.41, 5.74) is 2.31. The Balaban J connectivity index is 1.94. The lowest BCUT2D eigenvalue weighted by molar-refractivity contribution is 0.583. The molecule has 0 fully saturated rings. The highest BCUT2D eigenvalue weighted by atomic mass is 32.2. The van der Waals surface area contributed by atoms with Gasteiger partial charge in [0.1, 0.15) is 0 Å². The van der Waals surface area contributed by atoms with Crippen LogP contribution in [0.3, 0.4) is 0 Å². The molecule has 0 amide bonds. The molecule has 4 heteroatoms. The molecule has 0 aromatic heterocycles. The SMILES string of the molecule is Cc1ccc(SCC(C)CS(=O)(=O)c2ccc(C)cc2)cc1. The standard InChI is InChI=1S/C18H22O2S2/c1-14-4-8-17(9-5-14)21-12-16(3)13-22(19,20)18-10-6-15(2)7-11-18/h4-11,16H,12-13H2,1-3H3. The van der Waals surface area contributed by atoms with Crippen molar-refractivity contribution in [3.63, 3.8) is 0 Å². The number of thioether (sulfide) groups is 1.